The number of nitrogens with zero attached hydrogens (tertiary/aromatic N) is 3. The molecule has 9 nitrogen and oxygen atoms in total. The number of aliphatic hydroxyl groups is 1. The van der Waals surface area contributed by atoms with Gasteiger partial charge < -0.3 is 29.1 Å². The molecule has 1 fully saturated rings. The van der Waals surface area contributed by atoms with Crippen LogP contribution in [0.4, 0.5) is 0 Å². The Kier molecular flexibility index (Phi) is 8.66. The summed E-state index contributed by atoms with van der Waals surface area (Å²) in [5.74, 6) is 0.673. The molecule has 2 aliphatic heterocycles. The Morgan fingerprint density at radius 2 is 1.95 bits per heavy atom. The van der Waals surface area contributed by atoms with Gasteiger partial charge in [-0.2, -0.15) is 0 Å². The number of likely N-dealkylation sites (N-methyl/N-ethyl adjacent to an activating group) is 1. The molecule has 3 heterocycles. The summed E-state index contributed by atoms with van der Waals surface area (Å²) in [5.41, 5.74) is 2.00. The number of amides is 2. The van der Waals surface area contributed by atoms with E-state index < -0.39 is 0 Å². The molecule has 200 valence electrons. The van der Waals surface area contributed by atoms with Crippen molar-refractivity contribution in [1.82, 2.24) is 14.8 Å². The number of rotatable bonds is 7. The monoisotopic (exact) mass is 511 g/mol. The van der Waals surface area contributed by atoms with Crippen molar-refractivity contribution in [3.05, 3.63) is 42.1 Å². The third kappa shape index (κ3) is 6.05. The number of hydrogen-bond acceptors (Lipinski definition) is 7. The highest BCUT2D eigenvalue weighted by Gasteiger charge is 2.35. The predicted molar refractivity (Wildman–Crippen MR) is 139 cm³/mol. The van der Waals surface area contributed by atoms with Crippen molar-refractivity contribution in [2.75, 3.05) is 47.1 Å². The first-order valence-electron chi connectivity index (χ1n) is 12.9. The summed E-state index contributed by atoms with van der Waals surface area (Å²) in [6, 6.07) is 8.93. The molecule has 3 atom stereocenters. The van der Waals surface area contributed by atoms with Crippen LogP contribution in [-0.4, -0.2) is 90.9 Å². The van der Waals surface area contributed by atoms with E-state index in [9.17, 15) is 14.7 Å². The Bertz CT molecular complexity index is 1090. The smallest absolute Gasteiger partial charge is 0.259 e. The van der Waals surface area contributed by atoms with Crippen LogP contribution in [0.3, 0.4) is 0 Å². The van der Waals surface area contributed by atoms with Gasteiger partial charge in [-0.3, -0.25) is 9.59 Å². The van der Waals surface area contributed by atoms with Crippen LogP contribution in [0.1, 0.15) is 37.0 Å². The van der Waals surface area contributed by atoms with Gasteiger partial charge in [-0.1, -0.05) is 19.1 Å². The van der Waals surface area contributed by atoms with Crippen LogP contribution >= 0.6 is 0 Å². The molecule has 37 heavy (non-hydrogen) atoms. The number of pyridine rings is 1. The van der Waals surface area contributed by atoms with Gasteiger partial charge in [-0.05, 0) is 43.5 Å². The number of benzene rings is 1. The van der Waals surface area contributed by atoms with Gasteiger partial charge in [0.25, 0.3) is 5.91 Å². The van der Waals surface area contributed by atoms with Gasteiger partial charge in [0.2, 0.25) is 11.8 Å². The second kappa shape index (κ2) is 11.9. The summed E-state index contributed by atoms with van der Waals surface area (Å²) in [6.45, 7) is 5.62. The Labute approximate surface area is 218 Å². The molecular weight excluding hydrogens is 474 g/mol. The maximum absolute atomic E-state index is 13.7. The van der Waals surface area contributed by atoms with E-state index in [0.29, 0.717) is 31.9 Å². The van der Waals surface area contributed by atoms with E-state index in [4.69, 9.17) is 14.2 Å². The first kappa shape index (κ1) is 26.9. The zero-order valence-electron chi connectivity index (χ0n) is 22.1. The lowest BCUT2D eigenvalue weighted by atomic mass is 9.97. The number of ether oxygens (including phenoxy) is 3. The molecule has 1 saturated heterocycles. The number of hydrogen-bond donors (Lipinski definition) is 1. The fourth-order valence-corrected chi connectivity index (χ4v) is 4.88. The molecule has 0 aliphatic carbocycles. The third-order valence-corrected chi connectivity index (χ3v) is 7.34. The molecule has 0 spiro atoms. The van der Waals surface area contributed by atoms with E-state index in [0.717, 1.165) is 29.7 Å². The molecule has 1 aromatic carbocycles. The van der Waals surface area contributed by atoms with Crippen molar-refractivity contribution >= 4 is 11.8 Å². The molecular formula is C28H37N3O6. The number of methoxy groups -OCH3 is 1. The number of aromatic nitrogens is 1. The van der Waals surface area contributed by atoms with E-state index in [1.54, 1.807) is 36.2 Å². The van der Waals surface area contributed by atoms with Crippen LogP contribution in [0, 0.1) is 11.8 Å². The van der Waals surface area contributed by atoms with Crippen LogP contribution in [0.5, 0.6) is 11.6 Å². The van der Waals surface area contributed by atoms with Gasteiger partial charge in [0.15, 0.2) is 0 Å². The maximum atomic E-state index is 13.7. The first-order chi connectivity index (χ1) is 17.8. The van der Waals surface area contributed by atoms with Gasteiger partial charge >= 0.3 is 0 Å². The molecule has 1 N–H and O–H groups in total. The molecule has 0 radical (unpaired) electrons. The van der Waals surface area contributed by atoms with Crippen molar-refractivity contribution < 1.29 is 28.9 Å². The lowest BCUT2D eigenvalue weighted by Gasteiger charge is -2.38. The first-order valence-corrected chi connectivity index (χ1v) is 12.9. The Hall–Kier alpha value is -3.17. The van der Waals surface area contributed by atoms with Gasteiger partial charge in [0.1, 0.15) is 17.4 Å². The highest BCUT2D eigenvalue weighted by atomic mass is 16.5. The van der Waals surface area contributed by atoms with E-state index in [-0.39, 0.29) is 48.3 Å². The molecule has 0 unspecified atom stereocenters. The highest BCUT2D eigenvalue weighted by Crippen LogP contribution is 2.31. The van der Waals surface area contributed by atoms with E-state index in [1.807, 2.05) is 38.1 Å². The standard InChI is InChI=1S/C28H37N3O6/c1-18-15-31(19(2)17-32)28(34)24-13-22(20-5-7-23(35-4)8-6-20)14-29-26(24)37-25(18)16-30(3)27(33)21-9-11-36-12-10-21/h5-8,13-14,18-19,21,25,32H,9-12,15-17H2,1-4H3/t18-,19-,25-/m0/s1. The third-order valence-electron chi connectivity index (χ3n) is 7.34. The fraction of sp³-hybridized carbons (Fsp3) is 0.536. The minimum atomic E-state index is -0.382. The quantitative estimate of drug-likeness (QED) is 0.610. The SMILES string of the molecule is COc1ccc(-c2cnc3c(c2)C(=O)N([C@@H](C)CO)C[C@H](C)[C@H](CN(C)C(=O)C2CCOCC2)O3)cc1. The molecule has 4 rings (SSSR count). The average Bonchev–Trinajstić information content (AvgIpc) is 2.94. The lowest BCUT2D eigenvalue weighted by Crippen LogP contribution is -2.51. The zero-order chi connectivity index (χ0) is 26.5. The van der Waals surface area contributed by atoms with E-state index in [1.165, 1.54) is 0 Å². The summed E-state index contributed by atoms with van der Waals surface area (Å²) in [5, 5.41) is 9.90. The van der Waals surface area contributed by atoms with Gasteiger partial charge in [-0.15, -0.1) is 0 Å². The second-order valence-corrected chi connectivity index (χ2v) is 10.0. The fourth-order valence-electron chi connectivity index (χ4n) is 4.88. The van der Waals surface area contributed by atoms with Crippen molar-refractivity contribution in [1.29, 1.82) is 0 Å². The number of aliphatic hydroxyl groups excluding tert-OH is 1. The normalized spacial score (nSPS) is 21.3. The van der Waals surface area contributed by atoms with Gasteiger partial charge in [-0.25, -0.2) is 4.98 Å². The molecule has 1 aromatic heterocycles. The molecule has 2 aliphatic rings. The van der Waals surface area contributed by atoms with Gasteiger partial charge in [0.05, 0.1) is 26.3 Å². The van der Waals surface area contributed by atoms with Crippen LogP contribution in [0.15, 0.2) is 36.5 Å². The van der Waals surface area contributed by atoms with Crippen molar-refractivity contribution in [3.63, 3.8) is 0 Å². The van der Waals surface area contributed by atoms with Crippen LogP contribution < -0.4 is 9.47 Å². The van der Waals surface area contributed by atoms with Crippen molar-refractivity contribution in [3.8, 4) is 22.8 Å². The summed E-state index contributed by atoms with van der Waals surface area (Å²) in [6.07, 6.45) is 2.75. The minimum Gasteiger partial charge on any atom is -0.497 e. The Balaban J connectivity index is 1.64. The molecule has 9 heteroatoms. The molecule has 0 bridgehead atoms. The van der Waals surface area contributed by atoms with E-state index >= 15 is 0 Å². The second-order valence-electron chi connectivity index (χ2n) is 10.0. The molecule has 2 aromatic rings. The van der Waals surface area contributed by atoms with Crippen LogP contribution in [0.2, 0.25) is 0 Å². The Morgan fingerprint density at radius 3 is 2.59 bits per heavy atom. The van der Waals surface area contributed by atoms with Gasteiger partial charge in [0, 0.05) is 50.4 Å². The largest absolute Gasteiger partial charge is 0.497 e. The number of carbonyl (C=O) groups is 2. The maximum Gasteiger partial charge on any atom is 0.259 e. The summed E-state index contributed by atoms with van der Waals surface area (Å²) in [7, 11) is 3.41. The van der Waals surface area contributed by atoms with E-state index in [2.05, 4.69) is 4.98 Å². The summed E-state index contributed by atoms with van der Waals surface area (Å²) >= 11 is 0. The molecule has 0 saturated carbocycles. The average molecular weight is 512 g/mol. The van der Waals surface area contributed by atoms with Crippen LogP contribution in [-0.2, 0) is 9.53 Å². The topological polar surface area (TPSA) is 101 Å². The minimum absolute atomic E-state index is 0.0486. The zero-order valence-corrected chi connectivity index (χ0v) is 22.1. The summed E-state index contributed by atoms with van der Waals surface area (Å²) < 4.78 is 17.0. The lowest BCUT2D eigenvalue weighted by molar-refractivity contribution is -0.138. The molecule has 2 amide bonds. The Morgan fingerprint density at radius 1 is 1.24 bits per heavy atom. The van der Waals surface area contributed by atoms with Crippen molar-refractivity contribution in [2.45, 2.75) is 38.8 Å². The van der Waals surface area contributed by atoms with Crippen molar-refractivity contribution in [2.24, 2.45) is 11.8 Å². The highest BCUT2D eigenvalue weighted by molar-refractivity contribution is 5.98. The predicted octanol–water partition coefficient (Wildman–Crippen LogP) is 2.86. The van der Waals surface area contributed by atoms with Crippen LogP contribution in [0.25, 0.3) is 11.1 Å². The summed E-state index contributed by atoms with van der Waals surface area (Å²) in [4.78, 5) is 34.7. The number of fused-ring (bicyclic) bond motifs is 1. The number of carbonyl (C=O) groups excluding carboxylic acids is 2.